The highest BCUT2D eigenvalue weighted by molar-refractivity contribution is 7.47. The highest BCUT2D eigenvalue weighted by Crippen LogP contribution is 2.45. The molecule has 0 aromatic carbocycles. The van der Waals surface area contributed by atoms with Gasteiger partial charge >= 0.3 is 39.5 Å². The van der Waals surface area contributed by atoms with Crippen LogP contribution in [0, 0.1) is 11.8 Å². The maximum Gasteiger partial charge on any atom is 0.472 e. The standard InChI is InChI=1S/C78H152O17P2/c1-7-9-11-13-15-17-18-19-20-23-27-30-33-36-43-49-55-61-76(81)89-67-74(94-77(82)62-56-50-44-37-34-31-28-25-22-21-24-26-29-32-35-40-46-52-58-70(3)4)69-93-97(86,87)91-65-72(79)64-90-96(84,85)92-68-73(66-88-75(80)60-54-48-42-16-14-12-10-8-2)95-78(83)63-57-51-45-39-38-41-47-53-59-71(5)6/h70-74,79H,7-69H2,1-6H3,(H,84,85)(H,86,87)/t72-,73+,74+/m0/s1. The molecule has 0 aromatic rings. The number of hydrogen-bond acceptors (Lipinski definition) is 15. The van der Waals surface area contributed by atoms with Gasteiger partial charge in [0.15, 0.2) is 12.2 Å². The molecule has 19 heteroatoms. The number of carbonyl (C=O) groups excluding carboxylic acids is 4. The van der Waals surface area contributed by atoms with Gasteiger partial charge in [-0.25, -0.2) is 9.13 Å². The number of aliphatic hydroxyl groups excluding tert-OH is 1. The summed E-state index contributed by atoms with van der Waals surface area (Å²) in [6.07, 6.45) is 58.5. The Kier molecular flexibility index (Phi) is 68.4. The van der Waals surface area contributed by atoms with E-state index >= 15 is 0 Å². The number of ether oxygens (including phenoxy) is 4. The van der Waals surface area contributed by atoms with Gasteiger partial charge in [0, 0.05) is 25.7 Å². The molecule has 0 rings (SSSR count). The summed E-state index contributed by atoms with van der Waals surface area (Å²) < 4.78 is 68.5. The molecule has 5 atom stereocenters. The lowest BCUT2D eigenvalue weighted by molar-refractivity contribution is -0.161. The topological polar surface area (TPSA) is 237 Å². The summed E-state index contributed by atoms with van der Waals surface area (Å²) in [5.74, 6) is -0.578. The monoisotopic (exact) mass is 1420 g/mol. The summed E-state index contributed by atoms with van der Waals surface area (Å²) in [5, 5.41) is 10.6. The zero-order valence-electron chi connectivity index (χ0n) is 63.4. The lowest BCUT2D eigenvalue weighted by atomic mass is 10.0. The van der Waals surface area contributed by atoms with E-state index in [4.69, 9.17) is 37.0 Å². The molecule has 3 N–H and O–H groups in total. The Balaban J connectivity index is 5.18. The first-order chi connectivity index (χ1) is 46.9. The third-order valence-corrected chi connectivity index (χ3v) is 20.1. The molecule has 2 unspecified atom stereocenters. The first-order valence-electron chi connectivity index (χ1n) is 40.5. The summed E-state index contributed by atoms with van der Waals surface area (Å²) in [4.78, 5) is 72.7. The Hall–Kier alpha value is -1.94. The summed E-state index contributed by atoms with van der Waals surface area (Å²) in [6.45, 7) is 9.58. The maximum atomic E-state index is 13.1. The van der Waals surface area contributed by atoms with E-state index in [-0.39, 0.29) is 25.7 Å². The molecule has 0 saturated heterocycles. The van der Waals surface area contributed by atoms with Gasteiger partial charge in [-0.1, -0.05) is 356 Å². The number of carbonyl (C=O) groups is 4. The van der Waals surface area contributed by atoms with Crippen molar-refractivity contribution in [3.8, 4) is 0 Å². The highest BCUT2D eigenvalue weighted by atomic mass is 31.2. The van der Waals surface area contributed by atoms with Crippen LogP contribution in [0.15, 0.2) is 0 Å². The van der Waals surface area contributed by atoms with Crippen LogP contribution in [0.3, 0.4) is 0 Å². The Morgan fingerprint density at radius 1 is 0.278 bits per heavy atom. The van der Waals surface area contributed by atoms with Crippen molar-refractivity contribution in [2.24, 2.45) is 11.8 Å². The predicted octanol–water partition coefficient (Wildman–Crippen LogP) is 23.1. The molecule has 0 heterocycles. The normalized spacial score (nSPS) is 14.0. The molecule has 0 aliphatic rings. The average molecular weight is 1420 g/mol. The summed E-state index contributed by atoms with van der Waals surface area (Å²) in [7, 11) is -9.91. The highest BCUT2D eigenvalue weighted by Gasteiger charge is 2.30. The molecular weight excluding hydrogens is 1270 g/mol. The van der Waals surface area contributed by atoms with Crippen LogP contribution in [0.25, 0.3) is 0 Å². The van der Waals surface area contributed by atoms with E-state index < -0.39 is 97.5 Å². The van der Waals surface area contributed by atoms with Gasteiger partial charge < -0.3 is 33.8 Å². The Bertz CT molecular complexity index is 1870. The molecule has 0 aliphatic heterocycles. The van der Waals surface area contributed by atoms with Gasteiger partial charge in [0.2, 0.25) is 0 Å². The fraction of sp³-hybridized carbons (Fsp3) is 0.949. The van der Waals surface area contributed by atoms with Gasteiger partial charge in [0.05, 0.1) is 26.4 Å². The van der Waals surface area contributed by atoms with E-state index in [1.807, 2.05) is 0 Å². The van der Waals surface area contributed by atoms with Gasteiger partial charge in [0.1, 0.15) is 19.3 Å². The Morgan fingerprint density at radius 3 is 0.701 bits per heavy atom. The smallest absolute Gasteiger partial charge is 0.462 e. The maximum absolute atomic E-state index is 13.1. The van der Waals surface area contributed by atoms with Gasteiger partial charge in [-0.05, 0) is 37.5 Å². The summed E-state index contributed by atoms with van der Waals surface area (Å²) >= 11 is 0. The van der Waals surface area contributed by atoms with Crippen LogP contribution in [-0.2, 0) is 65.4 Å². The Morgan fingerprint density at radius 2 is 0.474 bits per heavy atom. The molecule has 17 nitrogen and oxygen atoms in total. The summed E-state index contributed by atoms with van der Waals surface area (Å²) in [6, 6.07) is 0. The molecule has 0 spiro atoms. The zero-order valence-corrected chi connectivity index (χ0v) is 65.2. The number of phosphoric ester groups is 2. The molecule has 576 valence electrons. The van der Waals surface area contributed by atoms with Crippen LogP contribution in [0.4, 0.5) is 0 Å². The Labute approximate surface area is 594 Å². The van der Waals surface area contributed by atoms with Crippen LogP contribution in [0.2, 0.25) is 0 Å². The minimum absolute atomic E-state index is 0.105. The minimum Gasteiger partial charge on any atom is -0.462 e. The van der Waals surface area contributed by atoms with E-state index in [1.54, 1.807) is 0 Å². The molecule has 0 bridgehead atoms. The lowest BCUT2D eigenvalue weighted by Crippen LogP contribution is -2.30. The molecule has 0 fully saturated rings. The SMILES string of the molecule is CCCCCCCCCCCCCCCCCCCC(=O)OC[C@H](COP(=O)(O)OC[C@@H](O)COP(=O)(O)OC[C@@H](COC(=O)CCCCCCCCCC)OC(=O)CCCCCCCCCCC(C)C)OC(=O)CCCCCCCCCCCCCCCCCCCCC(C)C. The average Bonchev–Trinajstić information content (AvgIpc) is 1.35. The number of unbranched alkanes of at least 4 members (excludes halogenated alkanes) is 47. The molecule has 0 amide bonds. The van der Waals surface area contributed by atoms with Crippen LogP contribution >= 0.6 is 15.6 Å². The van der Waals surface area contributed by atoms with Crippen molar-refractivity contribution in [2.75, 3.05) is 39.6 Å². The van der Waals surface area contributed by atoms with E-state index in [0.717, 1.165) is 108 Å². The van der Waals surface area contributed by atoms with Crippen LogP contribution in [-0.4, -0.2) is 96.7 Å². The predicted molar refractivity (Wildman–Crippen MR) is 395 cm³/mol. The number of phosphoric acid groups is 2. The third kappa shape index (κ3) is 72.2. The van der Waals surface area contributed by atoms with Crippen molar-refractivity contribution >= 4 is 39.5 Å². The van der Waals surface area contributed by atoms with E-state index in [1.165, 1.54) is 218 Å². The number of aliphatic hydroxyl groups is 1. The molecule has 97 heavy (non-hydrogen) atoms. The van der Waals surface area contributed by atoms with Crippen molar-refractivity contribution in [3.05, 3.63) is 0 Å². The lowest BCUT2D eigenvalue weighted by Gasteiger charge is -2.21. The number of esters is 4. The third-order valence-electron chi connectivity index (χ3n) is 18.2. The second kappa shape index (κ2) is 69.8. The first-order valence-corrected chi connectivity index (χ1v) is 43.5. The van der Waals surface area contributed by atoms with Crippen LogP contribution in [0.5, 0.6) is 0 Å². The fourth-order valence-corrected chi connectivity index (χ4v) is 13.6. The molecular formula is C78H152O17P2. The van der Waals surface area contributed by atoms with Crippen molar-refractivity contribution in [1.82, 2.24) is 0 Å². The van der Waals surface area contributed by atoms with E-state index in [9.17, 15) is 43.2 Å². The molecule has 0 saturated carbocycles. The van der Waals surface area contributed by atoms with E-state index in [2.05, 4.69) is 41.5 Å². The first kappa shape index (κ1) is 95.1. The van der Waals surface area contributed by atoms with Crippen LogP contribution < -0.4 is 0 Å². The second-order valence-electron chi connectivity index (χ2n) is 29.1. The quantitative estimate of drug-likeness (QED) is 0.0222. The zero-order chi connectivity index (χ0) is 71.4. The van der Waals surface area contributed by atoms with Gasteiger partial charge in [-0.15, -0.1) is 0 Å². The second-order valence-corrected chi connectivity index (χ2v) is 32.0. The molecule has 0 aromatic heterocycles. The van der Waals surface area contributed by atoms with Crippen molar-refractivity contribution < 1.29 is 80.2 Å². The van der Waals surface area contributed by atoms with Gasteiger partial charge in [-0.3, -0.25) is 37.3 Å². The molecule has 0 radical (unpaired) electrons. The van der Waals surface area contributed by atoms with Gasteiger partial charge in [0.25, 0.3) is 0 Å². The largest absolute Gasteiger partial charge is 0.472 e. The minimum atomic E-state index is -4.96. The molecule has 0 aliphatic carbocycles. The number of hydrogen-bond donors (Lipinski definition) is 3. The van der Waals surface area contributed by atoms with Gasteiger partial charge in [-0.2, -0.15) is 0 Å². The van der Waals surface area contributed by atoms with E-state index in [0.29, 0.717) is 25.7 Å². The van der Waals surface area contributed by atoms with Crippen molar-refractivity contribution in [3.63, 3.8) is 0 Å². The van der Waals surface area contributed by atoms with Crippen LogP contribution in [0.1, 0.15) is 408 Å². The fourth-order valence-electron chi connectivity index (χ4n) is 12.0. The van der Waals surface area contributed by atoms with Crippen molar-refractivity contribution in [1.29, 1.82) is 0 Å². The summed E-state index contributed by atoms with van der Waals surface area (Å²) in [5.41, 5.74) is 0. The van der Waals surface area contributed by atoms with Crippen molar-refractivity contribution in [2.45, 2.75) is 426 Å². The number of rotatable bonds is 77.